The Hall–Kier alpha value is -1.63. The zero-order valence-corrected chi connectivity index (χ0v) is 12.4. The maximum absolute atomic E-state index is 12.1. The van der Waals surface area contributed by atoms with Crippen LogP contribution in [0.1, 0.15) is 0 Å². The summed E-state index contributed by atoms with van der Waals surface area (Å²) in [5.74, 6) is -0.613. The number of morpholine rings is 1. The van der Waals surface area contributed by atoms with E-state index in [1.807, 2.05) is 0 Å². The molecule has 21 heavy (non-hydrogen) atoms. The van der Waals surface area contributed by atoms with Crippen molar-refractivity contribution in [3.05, 3.63) is 29.3 Å². The van der Waals surface area contributed by atoms with Crippen LogP contribution in [0.25, 0.3) is 0 Å². The van der Waals surface area contributed by atoms with Crippen molar-refractivity contribution in [2.75, 3.05) is 38.7 Å². The summed E-state index contributed by atoms with van der Waals surface area (Å²) in [5.41, 5.74) is 0.621. The van der Waals surface area contributed by atoms with Gasteiger partial charge in [0.2, 0.25) is 5.91 Å². The number of anilines is 1. The van der Waals surface area contributed by atoms with E-state index in [0.29, 0.717) is 23.9 Å². The Morgan fingerprint density at radius 3 is 3.05 bits per heavy atom. The van der Waals surface area contributed by atoms with Crippen molar-refractivity contribution in [1.82, 2.24) is 4.90 Å². The van der Waals surface area contributed by atoms with Crippen molar-refractivity contribution in [3.63, 3.8) is 0 Å². The normalized spacial score (nSPS) is 19.0. The molecule has 1 fully saturated rings. The molecule has 1 aromatic carbocycles. The predicted octanol–water partition coefficient (Wildman–Crippen LogP) is 1.15. The van der Waals surface area contributed by atoms with Crippen LogP contribution < -0.4 is 5.32 Å². The zero-order valence-electron chi connectivity index (χ0n) is 11.7. The van der Waals surface area contributed by atoms with Crippen molar-refractivity contribution >= 4 is 29.2 Å². The average Bonchev–Trinajstić information content (AvgIpc) is 2.47. The van der Waals surface area contributed by atoms with E-state index in [9.17, 15) is 9.59 Å². The van der Waals surface area contributed by atoms with Gasteiger partial charge in [-0.2, -0.15) is 0 Å². The molecule has 114 valence electrons. The third-order valence-corrected chi connectivity index (χ3v) is 3.40. The molecule has 0 radical (unpaired) electrons. The summed E-state index contributed by atoms with van der Waals surface area (Å²) in [6.45, 7) is 1.31. The minimum Gasteiger partial charge on any atom is -0.468 e. The van der Waals surface area contributed by atoms with Crippen LogP contribution in [0.15, 0.2) is 24.3 Å². The number of carbonyl (C=O) groups is 2. The number of esters is 1. The first kappa shape index (κ1) is 15.8. The summed E-state index contributed by atoms with van der Waals surface area (Å²) < 4.78 is 9.98. The van der Waals surface area contributed by atoms with E-state index >= 15 is 0 Å². The molecule has 6 nitrogen and oxygen atoms in total. The van der Waals surface area contributed by atoms with Crippen LogP contribution in [0.2, 0.25) is 5.02 Å². The van der Waals surface area contributed by atoms with Crippen LogP contribution in [-0.2, 0) is 19.1 Å². The molecule has 0 spiro atoms. The van der Waals surface area contributed by atoms with Crippen molar-refractivity contribution in [2.24, 2.45) is 0 Å². The van der Waals surface area contributed by atoms with Gasteiger partial charge in [-0.15, -0.1) is 0 Å². The van der Waals surface area contributed by atoms with E-state index in [4.69, 9.17) is 21.1 Å². The predicted molar refractivity (Wildman–Crippen MR) is 78.3 cm³/mol. The molecule has 0 saturated carbocycles. The number of rotatable bonds is 4. The molecule has 1 heterocycles. The number of methoxy groups -OCH3 is 1. The van der Waals surface area contributed by atoms with E-state index in [0.717, 1.165) is 0 Å². The number of hydrogen-bond donors (Lipinski definition) is 1. The Labute approximate surface area is 128 Å². The van der Waals surface area contributed by atoms with Gasteiger partial charge in [-0.25, -0.2) is 0 Å². The fraction of sp³-hybridized carbons (Fsp3) is 0.429. The average molecular weight is 313 g/mol. The van der Waals surface area contributed by atoms with Crippen LogP contribution in [0, 0.1) is 0 Å². The molecule has 1 N–H and O–H groups in total. The highest BCUT2D eigenvalue weighted by molar-refractivity contribution is 6.30. The Balaban J connectivity index is 1.95. The van der Waals surface area contributed by atoms with Crippen LogP contribution in [0.3, 0.4) is 0 Å². The lowest BCUT2D eigenvalue weighted by Crippen LogP contribution is -2.52. The summed E-state index contributed by atoms with van der Waals surface area (Å²) in [4.78, 5) is 25.5. The molecule has 1 unspecified atom stereocenters. The highest BCUT2D eigenvalue weighted by atomic mass is 35.5. The van der Waals surface area contributed by atoms with Gasteiger partial charge >= 0.3 is 5.97 Å². The fourth-order valence-electron chi connectivity index (χ4n) is 2.13. The molecule has 2 rings (SSSR count). The number of carbonyl (C=O) groups excluding carboxylic acids is 2. The maximum atomic E-state index is 12.1. The van der Waals surface area contributed by atoms with E-state index in [1.54, 1.807) is 29.2 Å². The van der Waals surface area contributed by atoms with E-state index in [2.05, 4.69) is 5.32 Å². The Bertz CT molecular complexity index is 523. The molecule has 0 aliphatic carbocycles. The van der Waals surface area contributed by atoms with Crippen molar-refractivity contribution in [1.29, 1.82) is 0 Å². The third-order valence-electron chi connectivity index (χ3n) is 3.17. The lowest BCUT2D eigenvalue weighted by Gasteiger charge is -2.32. The standard InChI is InChI=1S/C14H17ClN2O4/c1-20-14(19)12-9-21-6-5-17(12)8-13(18)16-11-4-2-3-10(15)7-11/h2-4,7,12H,5-6,8-9H2,1H3,(H,16,18). The summed E-state index contributed by atoms with van der Waals surface area (Å²) in [7, 11) is 1.32. The van der Waals surface area contributed by atoms with Crippen LogP contribution in [0.4, 0.5) is 5.69 Å². The number of hydrogen-bond acceptors (Lipinski definition) is 5. The highest BCUT2D eigenvalue weighted by Crippen LogP contribution is 2.15. The molecule has 1 amide bonds. The van der Waals surface area contributed by atoms with Crippen LogP contribution in [0.5, 0.6) is 0 Å². The second kappa shape index (κ2) is 7.40. The second-order valence-corrected chi connectivity index (χ2v) is 5.08. The molecule has 0 bridgehead atoms. The number of benzene rings is 1. The fourth-order valence-corrected chi connectivity index (χ4v) is 2.32. The molecular weight excluding hydrogens is 296 g/mol. The first-order valence-electron chi connectivity index (χ1n) is 6.55. The first-order valence-corrected chi connectivity index (χ1v) is 6.93. The molecule has 1 atom stereocenters. The quantitative estimate of drug-likeness (QED) is 0.845. The summed E-state index contributed by atoms with van der Waals surface area (Å²) in [6, 6.07) is 6.35. The monoisotopic (exact) mass is 312 g/mol. The molecule has 0 aromatic heterocycles. The number of nitrogens with one attached hydrogen (secondary N) is 1. The van der Waals surface area contributed by atoms with Gasteiger partial charge in [0.1, 0.15) is 6.04 Å². The van der Waals surface area contributed by atoms with Gasteiger partial charge < -0.3 is 14.8 Å². The molecule has 7 heteroatoms. The third kappa shape index (κ3) is 4.42. The van der Waals surface area contributed by atoms with Gasteiger partial charge in [0, 0.05) is 17.3 Å². The molecule has 1 aliphatic rings. The minimum atomic E-state index is -0.547. The lowest BCUT2D eigenvalue weighted by atomic mass is 10.2. The summed E-state index contributed by atoms with van der Waals surface area (Å²) in [5, 5.41) is 3.30. The zero-order chi connectivity index (χ0) is 15.2. The smallest absolute Gasteiger partial charge is 0.325 e. The number of nitrogens with zero attached hydrogens (tertiary/aromatic N) is 1. The maximum Gasteiger partial charge on any atom is 0.325 e. The van der Waals surface area contributed by atoms with Gasteiger partial charge in [0.15, 0.2) is 0 Å². The van der Waals surface area contributed by atoms with Gasteiger partial charge in [-0.3, -0.25) is 14.5 Å². The Morgan fingerprint density at radius 1 is 1.52 bits per heavy atom. The van der Waals surface area contributed by atoms with Crippen LogP contribution >= 0.6 is 11.6 Å². The molecular formula is C14H17ClN2O4. The van der Waals surface area contributed by atoms with Crippen LogP contribution in [-0.4, -0.2) is 56.2 Å². The van der Waals surface area contributed by atoms with Crippen molar-refractivity contribution < 1.29 is 19.1 Å². The van der Waals surface area contributed by atoms with Crippen molar-refractivity contribution in [2.45, 2.75) is 6.04 Å². The SMILES string of the molecule is COC(=O)C1COCCN1CC(=O)Nc1cccc(Cl)c1. The number of ether oxygens (including phenoxy) is 2. The van der Waals surface area contributed by atoms with Gasteiger partial charge in [-0.05, 0) is 18.2 Å². The van der Waals surface area contributed by atoms with E-state index in [1.165, 1.54) is 7.11 Å². The van der Waals surface area contributed by atoms with Gasteiger partial charge in [-0.1, -0.05) is 17.7 Å². The second-order valence-electron chi connectivity index (χ2n) is 4.64. The topological polar surface area (TPSA) is 67.9 Å². The van der Waals surface area contributed by atoms with E-state index < -0.39 is 12.0 Å². The highest BCUT2D eigenvalue weighted by Gasteiger charge is 2.31. The first-order chi connectivity index (χ1) is 10.1. The van der Waals surface area contributed by atoms with Crippen molar-refractivity contribution in [3.8, 4) is 0 Å². The molecule has 1 aromatic rings. The molecule has 1 aliphatic heterocycles. The number of amides is 1. The Kier molecular flexibility index (Phi) is 5.55. The summed E-state index contributed by atoms with van der Waals surface area (Å²) >= 11 is 5.86. The number of halogens is 1. The van der Waals surface area contributed by atoms with E-state index in [-0.39, 0.29) is 19.1 Å². The largest absolute Gasteiger partial charge is 0.468 e. The molecule has 1 saturated heterocycles. The summed E-state index contributed by atoms with van der Waals surface area (Å²) in [6.07, 6.45) is 0. The lowest BCUT2D eigenvalue weighted by molar-refractivity contribution is -0.153. The Morgan fingerprint density at radius 2 is 2.33 bits per heavy atom. The minimum absolute atomic E-state index is 0.0929. The van der Waals surface area contributed by atoms with Gasteiger partial charge in [0.05, 0.1) is 26.9 Å². The van der Waals surface area contributed by atoms with Gasteiger partial charge in [0.25, 0.3) is 0 Å².